The molecule has 0 saturated carbocycles. The number of benzene rings is 1. The number of hydrogen-bond donors (Lipinski definition) is 1. The molecule has 1 aromatic carbocycles. The van der Waals surface area contributed by atoms with Crippen molar-refractivity contribution in [2.24, 2.45) is 0 Å². The van der Waals surface area contributed by atoms with Crippen LogP contribution >= 0.6 is 0 Å². The topological polar surface area (TPSA) is 55.4 Å². The highest BCUT2D eigenvalue weighted by molar-refractivity contribution is 5.94. The molecular weight excluding hydrogens is 314 g/mol. The van der Waals surface area contributed by atoms with Crippen molar-refractivity contribution in [3.63, 3.8) is 0 Å². The van der Waals surface area contributed by atoms with Crippen LogP contribution in [0.1, 0.15) is 81.1 Å². The molecule has 1 N–H and O–H groups in total. The number of unbranched alkanes of at least 4 members (excludes halogenated alkanes) is 5. The molecule has 0 aromatic heterocycles. The number of hydrogen-bond acceptors (Lipinski definition) is 3. The lowest BCUT2D eigenvalue weighted by Gasteiger charge is -2.07. The van der Waals surface area contributed by atoms with Crippen LogP contribution in [0.5, 0.6) is 0 Å². The van der Waals surface area contributed by atoms with Crippen molar-refractivity contribution in [2.75, 3.05) is 13.2 Å². The van der Waals surface area contributed by atoms with Crippen molar-refractivity contribution in [3.05, 3.63) is 35.4 Å². The molecule has 0 aliphatic carbocycles. The number of rotatable bonds is 13. The summed E-state index contributed by atoms with van der Waals surface area (Å²) in [4.78, 5) is 23.7. The van der Waals surface area contributed by atoms with Gasteiger partial charge in [-0.25, -0.2) is 0 Å². The fourth-order valence-electron chi connectivity index (χ4n) is 2.55. The predicted octanol–water partition coefficient (Wildman–Crippen LogP) is 4.66. The van der Waals surface area contributed by atoms with Gasteiger partial charge in [0.2, 0.25) is 0 Å². The van der Waals surface area contributed by atoms with Gasteiger partial charge in [-0.3, -0.25) is 9.59 Å². The van der Waals surface area contributed by atoms with Crippen LogP contribution in [0.25, 0.3) is 0 Å². The molecule has 0 aliphatic heterocycles. The van der Waals surface area contributed by atoms with Gasteiger partial charge in [-0.1, -0.05) is 58.1 Å². The summed E-state index contributed by atoms with van der Waals surface area (Å²) in [5.41, 5.74) is 1.88. The van der Waals surface area contributed by atoms with E-state index in [1.54, 1.807) is 0 Å². The lowest BCUT2D eigenvalue weighted by atomic mass is 10.1. The minimum absolute atomic E-state index is 0.144. The van der Waals surface area contributed by atoms with E-state index >= 15 is 0 Å². The summed E-state index contributed by atoms with van der Waals surface area (Å²) in [6, 6.07) is 7.68. The highest BCUT2D eigenvalue weighted by atomic mass is 16.5. The third kappa shape index (κ3) is 9.90. The van der Waals surface area contributed by atoms with Gasteiger partial charge in [0.25, 0.3) is 5.91 Å². The van der Waals surface area contributed by atoms with Crippen LogP contribution in [0.2, 0.25) is 0 Å². The minimum Gasteiger partial charge on any atom is -0.466 e. The number of aryl methyl sites for hydroxylation is 1. The first kappa shape index (κ1) is 21.2. The van der Waals surface area contributed by atoms with Crippen LogP contribution in [0.15, 0.2) is 24.3 Å². The molecule has 140 valence electrons. The third-order valence-electron chi connectivity index (χ3n) is 4.16. The van der Waals surface area contributed by atoms with Gasteiger partial charge in [-0.15, -0.1) is 0 Å². The van der Waals surface area contributed by atoms with Crippen molar-refractivity contribution in [1.82, 2.24) is 5.32 Å². The maximum Gasteiger partial charge on any atom is 0.307 e. The molecule has 0 aliphatic rings. The van der Waals surface area contributed by atoms with Crippen molar-refractivity contribution in [2.45, 2.75) is 71.6 Å². The first-order chi connectivity index (χ1) is 12.2. The molecule has 0 heterocycles. The molecule has 1 amide bonds. The highest BCUT2D eigenvalue weighted by Crippen LogP contribution is 2.08. The Bertz CT molecular complexity index is 496. The summed E-state index contributed by atoms with van der Waals surface area (Å²) in [5.74, 6) is -0.389. The summed E-state index contributed by atoms with van der Waals surface area (Å²) in [5, 5.41) is 2.77. The molecule has 4 heteroatoms. The fourth-order valence-corrected chi connectivity index (χ4v) is 2.55. The summed E-state index contributed by atoms with van der Waals surface area (Å²) in [6.45, 7) is 5.13. The Labute approximate surface area is 152 Å². The van der Waals surface area contributed by atoms with Gasteiger partial charge >= 0.3 is 5.97 Å². The Morgan fingerprint density at radius 3 is 2.28 bits per heavy atom. The first-order valence-electron chi connectivity index (χ1n) is 9.70. The maximum atomic E-state index is 12.0. The van der Waals surface area contributed by atoms with Crippen molar-refractivity contribution in [1.29, 1.82) is 0 Å². The Morgan fingerprint density at radius 1 is 0.920 bits per heavy atom. The highest BCUT2D eigenvalue weighted by Gasteiger charge is 2.07. The maximum absolute atomic E-state index is 12.0. The fraction of sp³-hybridized carbons (Fsp3) is 0.619. The molecule has 25 heavy (non-hydrogen) atoms. The molecule has 0 radical (unpaired) electrons. The lowest BCUT2D eigenvalue weighted by Crippen LogP contribution is -2.26. The van der Waals surface area contributed by atoms with Crippen LogP contribution < -0.4 is 5.32 Å². The minimum atomic E-state index is -0.245. The summed E-state index contributed by atoms with van der Waals surface area (Å²) < 4.78 is 5.17. The van der Waals surface area contributed by atoms with Crippen LogP contribution in [0.4, 0.5) is 0 Å². The molecule has 0 spiro atoms. The largest absolute Gasteiger partial charge is 0.466 e. The van der Waals surface area contributed by atoms with Gasteiger partial charge in [-0.05, 0) is 37.0 Å². The standard InChI is InChI=1S/C21H33NO3/c1-3-5-7-8-9-17-25-20(23)15-16-22-21(24)19-13-11-18(12-14-19)10-6-4-2/h11-14H,3-10,15-17H2,1-2H3,(H,22,24). The van der Waals surface area contributed by atoms with E-state index in [0.717, 1.165) is 32.1 Å². The smallest absolute Gasteiger partial charge is 0.307 e. The number of esters is 1. The van der Waals surface area contributed by atoms with E-state index in [9.17, 15) is 9.59 Å². The van der Waals surface area contributed by atoms with E-state index in [-0.39, 0.29) is 18.3 Å². The van der Waals surface area contributed by atoms with E-state index in [0.29, 0.717) is 18.7 Å². The Balaban J connectivity index is 2.15. The summed E-state index contributed by atoms with van der Waals surface area (Å²) in [6.07, 6.45) is 9.25. The molecule has 4 nitrogen and oxygen atoms in total. The zero-order valence-corrected chi connectivity index (χ0v) is 15.8. The average molecular weight is 347 g/mol. The molecule has 1 rings (SSSR count). The molecule has 1 aromatic rings. The van der Waals surface area contributed by atoms with Crippen LogP contribution in [-0.4, -0.2) is 25.0 Å². The van der Waals surface area contributed by atoms with Gasteiger partial charge in [0, 0.05) is 12.1 Å². The summed E-state index contributed by atoms with van der Waals surface area (Å²) in [7, 11) is 0. The zero-order chi connectivity index (χ0) is 18.3. The van der Waals surface area contributed by atoms with Gasteiger partial charge in [-0.2, -0.15) is 0 Å². The second-order valence-corrected chi connectivity index (χ2v) is 6.44. The number of ether oxygens (including phenoxy) is 1. The quantitative estimate of drug-likeness (QED) is 0.417. The molecular formula is C21H33NO3. The van der Waals surface area contributed by atoms with E-state index in [4.69, 9.17) is 4.74 Å². The monoisotopic (exact) mass is 347 g/mol. The Kier molecular flexibility index (Phi) is 11.4. The number of amides is 1. The Hall–Kier alpha value is -1.84. The lowest BCUT2D eigenvalue weighted by molar-refractivity contribution is -0.143. The van der Waals surface area contributed by atoms with Crippen molar-refractivity contribution < 1.29 is 14.3 Å². The molecule has 0 atom stereocenters. The Morgan fingerprint density at radius 2 is 1.60 bits per heavy atom. The van der Waals surface area contributed by atoms with E-state index in [2.05, 4.69) is 19.2 Å². The SMILES string of the molecule is CCCCCCCOC(=O)CCNC(=O)c1ccc(CCCC)cc1. The first-order valence-corrected chi connectivity index (χ1v) is 9.70. The zero-order valence-electron chi connectivity index (χ0n) is 15.8. The van der Waals surface area contributed by atoms with Gasteiger partial charge in [0.15, 0.2) is 0 Å². The van der Waals surface area contributed by atoms with Crippen LogP contribution in [-0.2, 0) is 16.0 Å². The van der Waals surface area contributed by atoms with E-state index in [1.165, 1.54) is 24.8 Å². The van der Waals surface area contributed by atoms with E-state index in [1.807, 2.05) is 24.3 Å². The molecule has 0 bridgehead atoms. The predicted molar refractivity (Wildman–Crippen MR) is 102 cm³/mol. The number of carbonyl (C=O) groups is 2. The van der Waals surface area contributed by atoms with Gasteiger partial charge < -0.3 is 10.1 Å². The van der Waals surface area contributed by atoms with Gasteiger partial charge in [0.05, 0.1) is 13.0 Å². The second-order valence-electron chi connectivity index (χ2n) is 6.44. The third-order valence-corrected chi connectivity index (χ3v) is 4.16. The summed E-state index contributed by atoms with van der Waals surface area (Å²) >= 11 is 0. The average Bonchev–Trinajstić information content (AvgIpc) is 2.63. The van der Waals surface area contributed by atoms with Crippen LogP contribution in [0, 0.1) is 0 Å². The molecule has 0 fully saturated rings. The second kappa shape index (κ2) is 13.5. The van der Waals surface area contributed by atoms with Crippen molar-refractivity contribution >= 4 is 11.9 Å². The van der Waals surface area contributed by atoms with Crippen LogP contribution in [0.3, 0.4) is 0 Å². The van der Waals surface area contributed by atoms with Gasteiger partial charge in [0.1, 0.15) is 0 Å². The molecule has 0 saturated heterocycles. The molecule has 0 unspecified atom stereocenters. The number of carbonyl (C=O) groups excluding carboxylic acids is 2. The number of nitrogens with one attached hydrogen (secondary N) is 1. The normalized spacial score (nSPS) is 10.5. The van der Waals surface area contributed by atoms with E-state index < -0.39 is 0 Å². The van der Waals surface area contributed by atoms with Crippen molar-refractivity contribution in [3.8, 4) is 0 Å².